The number of esters is 1. The SMILES string of the molecule is CCOC(=O)n1nc(NC(=O)NC(C)(C)C)c2sc(C(=O)OC)cc21. The zero-order valence-corrected chi connectivity index (χ0v) is 15.4. The molecule has 0 bridgehead atoms. The molecule has 0 saturated carbocycles. The maximum atomic E-state index is 12.1. The Morgan fingerprint density at radius 2 is 2.00 bits per heavy atom. The van der Waals surface area contributed by atoms with Crippen molar-refractivity contribution in [2.45, 2.75) is 33.2 Å². The number of rotatable bonds is 3. The van der Waals surface area contributed by atoms with Gasteiger partial charge in [0.15, 0.2) is 5.82 Å². The molecule has 2 heterocycles. The minimum atomic E-state index is -0.703. The van der Waals surface area contributed by atoms with Crippen LogP contribution in [0.3, 0.4) is 0 Å². The van der Waals surface area contributed by atoms with E-state index in [9.17, 15) is 14.4 Å². The Hall–Kier alpha value is -2.62. The molecule has 9 nitrogen and oxygen atoms in total. The summed E-state index contributed by atoms with van der Waals surface area (Å²) >= 11 is 1.06. The number of hydrogen-bond donors (Lipinski definition) is 2. The first-order valence-electron chi connectivity index (χ1n) is 7.53. The standard InChI is InChI=1S/C15H20N4O5S/c1-6-24-14(22)19-8-7-9(12(20)23-5)25-10(8)11(18-19)16-13(21)17-15(2,3)4/h7H,6H2,1-5H3,(H2,16,17,18,21). The summed E-state index contributed by atoms with van der Waals surface area (Å²) < 4.78 is 11.1. The van der Waals surface area contributed by atoms with Crippen LogP contribution in [0.4, 0.5) is 15.4 Å². The number of methoxy groups -OCH3 is 1. The van der Waals surface area contributed by atoms with Gasteiger partial charge in [0.1, 0.15) is 4.88 Å². The summed E-state index contributed by atoms with van der Waals surface area (Å²) in [6, 6.07) is 0.999. The molecule has 0 aliphatic carbocycles. The number of urea groups is 1. The summed E-state index contributed by atoms with van der Waals surface area (Å²) in [5.41, 5.74) is -0.0885. The number of ether oxygens (including phenoxy) is 2. The molecule has 2 rings (SSSR count). The number of aromatic nitrogens is 2. The molecule has 0 saturated heterocycles. The van der Waals surface area contributed by atoms with Crippen molar-refractivity contribution in [2.75, 3.05) is 19.0 Å². The van der Waals surface area contributed by atoms with Crippen LogP contribution in [0, 0.1) is 0 Å². The smallest absolute Gasteiger partial charge is 0.435 e. The van der Waals surface area contributed by atoms with E-state index in [1.165, 1.54) is 13.2 Å². The Bertz CT molecular complexity index is 818. The van der Waals surface area contributed by atoms with Crippen LogP contribution in [0.2, 0.25) is 0 Å². The van der Waals surface area contributed by atoms with E-state index >= 15 is 0 Å². The molecule has 2 aromatic heterocycles. The highest BCUT2D eigenvalue weighted by atomic mass is 32.1. The summed E-state index contributed by atoms with van der Waals surface area (Å²) in [4.78, 5) is 36.2. The predicted molar refractivity (Wildman–Crippen MR) is 93.3 cm³/mol. The molecule has 0 spiro atoms. The molecule has 0 atom stereocenters. The van der Waals surface area contributed by atoms with Crippen molar-refractivity contribution in [1.82, 2.24) is 15.1 Å². The van der Waals surface area contributed by atoms with Crippen LogP contribution in [0.1, 0.15) is 37.4 Å². The number of hydrogen-bond acceptors (Lipinski definition) is 7. The van der Waals surface area contributed by atoms with Crippen LogP contribution in [0.15, 0.2) is 6.07 Å². The number of thiophene rings is 1. The molecule has 136 valence electrons. The highest BCUT2D eigenvalue weighted by Gasteiger charge is 2.24. The van der Waals surface area contributed by atoms with Crippen LogP contribution < -0.4 is 10.6 Å². The van der Waals surface area contributed by atoms with Gasteiger partial charge in [0.25, 0.3) is 0 Å². The van der Waals surface area contributed by atoms with Gasteiger partial charge in [0, 0.05) is 5.54 Å². The molecule has 0 aliphatic heterocycles. The lowest BCUT2D eigenvalue weighted by Gasteiger charge is -2.20. The maximum absolute atomic E-state index is 12.1. The average Bonchev–Trinajstić information content (AvgIpc) is 3.05. The Morgan fingerprint density at radius 3 is 2.56 bits per heavy atom. The Labute approximate surface area is 148 Å². The molecule has 0 fully saturated rings. The summed E-state index contributed by atoms with van der Waals surface area (Å²) in [6.07, 6.45) is -0.703. The van der Waals surface area contributed by atoms with Gasteiger partial charge >= 0.3 is 18.1 Å². The lowest BCUT2D eigenvalue weighted by molar-refractivity contribution is 0.0606. The average molecular weight is 368 g/mol. The maximum Gasteiger partial charge on any atom is 0.435 e. The number of anilines is 1. The van der Waals surface area contributed by atoms with Crippen LogP contribution in [-0.2, 0) is 9.47 Å². The van der Waals surface area contributed by atoms with Crippen LogP contribution in [-0.4, -0.2) is 47.1 Å². The van der Waals surface area contributed by atoms with Crippen molar-refractivity contribution in [3.05, 3.63) is 10.9 Å². The highest BCUT2D eigenvalue weighted by molar-refractivity contribution is 7.21. The molecule has 2 amide bonds. The van der Waals surface area contributed by atoms with Gasteiger partial charge in [-0.25, -0.2) is 14.4 Å². The Balaban J connectivity index is 2.44. The molecular weight excluding hydrogens is 348 g/mol. The van der Waals surface area contributed by atoms with Crippen molar-refractivity contribution < 1.29 is 23.9 Å². The number of carbonyl (C=O) groups is 3. The Kier molecular flexibility index (Phi) is 5.31. The van der Waals surface area contributed by atoms with E-state index in [-0.39, 0.29) is 17.3 Å². The quantitative estimate of drug-likeness (QED) is 0.806. The van der Waals surface area contributed by atoms with E-state index < -0.39 is 23.6 Å². The third kappa shape index (κ3) is 4.27. The number of nitrogens with zero attached hydrogens (tertiary/aromatic N) is 2. The van der Waals surface area contributed by atoms with Gasteiger partial charge in [-0.05, 0) is 33.8 Å². The molecular formula is C15H20N4O5S. The monoisotopic (exact) mass is 368 g/mol. The van der Waals surface area contributed by atoms with Gasteiger partial charge in [0.2, 0.25) is 0 Å². The minimum absolute atomic E-state index is 0.157. The van der Waals surface area contributed by atoms with E-state index in [0.29, 0.717) is 10.2 Å². The minimum Gasteiger partial charge on any atom is -0.465 e. The third-order valence-corrected chi connectivity index (χ3v) is 4.01. The fraction of sp³-hybridized carbons (Fsp3) is 0.467. The lowest BCUT2D eigenvalue weighted by Crippen LogP contribution is -2.43. The number of nitrogens with one attached hydrogen (secondary N) is 2. The molecule has 2 N–H and O–H groups in total. The van der Waals surface area contributed by atoms with E-state index in [1.807, 2.05) is 20.8 Å². The fourth-order valence-corrected chi connectivity index (χ4v) is 2.99. The number of amides is 2. The van der Waals surface area contributed by atoms with Gasteiger partial charge in [0.05, 0.1) is 23.9 Å². The number of carbonyl (C=O) groups excluding carboxylic acids is 3. The summed E-state index contributed by atoms with van der Waals surface area (Å²) in [5, 5.41) is 9.42. The van der Waals surface area contributed by atoms with Crippen molar-refractivity contribution in [2.24, 2.45) is 0 Å². The van der Waals surface area contributed by atoms with Gasteiger partial charge < -0.3 is 14.8 Å². The second-order valence-electron chi connectivity index (χ2n) is 6.11. The molecule has 0 unspecified atom stereocenters. The van der Waals surface area contributed by atoms with E-state index in [4.69, 9.17) is 9.47 Å². The normalized spacial score (nSPS) is 11.2. The Morgan fingerprint density at radius 1 is 1.32 bits per heavy atom. The number of fused-ring (bicyclic) bond motifs is 1. The zero-order valence-electron chi connectivity index (χ0n) is 14.6. The van der Waals surface area contributed by atoms with E-state index in [1.54, 1.807) is 6.92 Å². The van der Waals surface area contributed by atoms with Gasteiger partial charge in [-0.15, -0.1) is 16.4 Å². The topological polar surface area (TPSA) is 112 Å². The van der Waals surface area contributed by atoms with Crippen molar-refractivity contribution in [1.29, 1.82) is 0 Å². The second kappa shape index (κ2) is 7.09. The van der Waals surface area contributed by atoms with Gasteiger partial charge in [-0.2, -0.15) is 4.68 Å². The molecule has 25 heavy (non-hydrogen) atoms. The first kappa shape index (κ1) is 18.7. The molecule has 10 heteroatoms. The van der Waals surface area contributed by atoms with Crippen molar-refractivity contribution in [3.8, 4) is 0 Å². The predicted octanol–water partition coefficient (Wildman–Crippen LogP) is 2.81. The van der Waals surface area contributed by atoms with Crippen LogP contribution >= 0.6 is 11.3 Å². The zero-order chi connectivity index (χ0) is 18.8. The van der Waals surface area contributed by atoms with Crippen LogP contribution in [0.5, 0.6) is 0 Å². The highest BCUT2D eigenvalue weighted by Crippen LogP contribution is 2.32. The molecule has 2 aromatic rings. The third-order valence-electron chi connectivity index (χ3n) is 2.90. The first-order valence-corrected chi connectivity index (χ1v) is 8.35. The molecule has 0 aromatic carbocycles. The van der Waals surface area contributed by atoms with E-state index in [0.717, 1.165) is 16.0 Å². The first-order chi connectivity index (χ1) is 11.7. The van der Waals surface area contributed by atoms with Gasteiger partial charge in [-0.1, -0.05) is 0 Å². The largest absolute Gasteiger partial charge is 0.465 e. The molecule has 0 radical (unpaired) electrons. The van der Waals surface area contributed by atoms with E-state index in [2.05, 4.69) is 15.7 Å². The van der Waals surface area contributed by atoms with Gasteiger partial charge in [-0.3, -0.25) is 5.32 Å². The van der Waals surface area contributed by atoms with Crippen LogP contribution in [0.25, 0.3) is 10.2 Å². The summed E-state index contributed by atoms with van der Waals surface area (Å²) in [5.74, 6) is -0.383. The second-order valence-corrected chi connectivity index (χ2v) is 7.16. The summed E-state index contributed by atoms with van der Waals surface area (Å²) in [6.45, 7) is 7.34. The van der Waals surface area contributed by atoms with Crippen molar-refractivity contribution in [3.63, 3.8) is 0 Å². The fourth-order valence-electron chi connectivity index (χ4n) is 1.99. The summed E-state index contributed by atoms with van der Waals surface area (Å²) in [7, 11) is 1.26. The molecule has 0 aliphatic rings. The lowest BCUT2D eigenvalue weighted by atomic mass is 10.1. The van der Waals surface area contributed by atoms with Crippen molar-refractivity contribution >= 4 is 45.5 Å².